The van der Waals surface area contributed by atoms with E-state index in [0.29, 0.717) is 6.42 Å². The van der Waals surface area contributed by atoms with Crippen LogP contribution in [0.1, 0.15) is 25.5 Å². The van der Waals surface area contributed by atoms with Crippen LogP contribution < -0.4 is 5.32 Å². The van der Waals surface area contributed by atoms with Crippen molar-refractivity contribution >= 4 is 5.82 Å². The molecular formula is C11H15N3. The van der Waals surface area contributed by atoms with Gasteiger partial charge in [0.25, 0.3) is 0 Å². The van der Waals surface area contributed by atoms with Crippen LogP contribution in [-0.4, -0.2) is 16.0 Å². The molecule has 0 aliphatic rings. The second kappa shape index (κ2) is 5.23. The first-order chi connectivity index (χ1) is 6.76. The first kappa shape index (κ1) is 10.5. The molecule has 14 heavy (non-hydrogen) atoms. The van der Waals surface area contributed by atoms with Crippen LogP contribution in [0.3, 0.4) is 0 Å². The Kier molecular flexibility index (Phi) is 3.93. The topological polar surface area (TPSA) is 37.8 Å². The van der Waals surface area contributed by atoms with Gasteiger partial charge >= 0.3 is 0 Å². The van der Waals surface area contributed by atoms with Crippen LogP contribution >= 0.6 is 0 Å². The molecule has 1 unspecified atom stereocenters. The summed E-state index contributed by atoms with van der Waals surface area (Å²) in [5, 5.41) is 3.25. The third kappa shape index (κ3) is 3.06. The summed E-state index contributed by atoms with van der Waals surface area (Å²) in [6, 6.07) is 0.288. The van der Waals surface area contributed by atoms with E-state index in [4.69, 9.17) is 6.42 Å². The van der Waals surface area contributed by atoms with Crippen LogP contribution in [0, 0.1) is 19.3 Å². The Morgan fingerprint density at radius 1 is 1.57 bits per heavy atom. The maximum atomic E-state index is 5.26. The van der Waals surface area contributed by atoms with Gasteiger partial charge in [-0.25, -0.2) is 4.98 Å². The Hall–Kier alpha value is -1.56. The fraction of sp³-hybridized carbons (Fsp3) is 0.455. The lowest BCUT2D eigenvalue weighted by Gasteiger charge is -2.14. The average molecular weight is 189 g/mol. The average Bonchev–Trinajstić information content (AvgIpc) is 2.17. The number of nitrogens with zero attached hydrogens (tertiary/aromatic N) is 2. The molecule has 1 rings (SSSR count). The van der Waals surface area contributed by atoms with E-state index in [0.717, 1.165) is 17.9 Å². The van der Waals surface area contributed by atoms with E-state index in [-0.39, 0.29) is 6.04 Å². The van der Waals surface area contributed by atoms with Crippen LogP contribution in [0.2, 0.25) is 0 Å². The summed E-state index contributed by atoms with van der Waals surface area (Å²) in [6.07, 6.45) is 10.4. The number of terminal acetylenes is 1. The third-order valence-corrected chi connectivity index (χ3v) is 1.96. The minimum Gasteiger partial charge on any atom is -0.365 e. The minimum atomic E-state index is 0.288. The molecule has 0 radical (unpaired) electrons. The van der Waals surface area contributed by atoms with Gasteiger partial charge in [0.05, 0.1) is 11.9 Å². The number of nitrogens with one attached hydrogen (secondary N) is 1. The zero-order chi connectivity index (χ0) is 10.4. The van der Waals surface area contributed by atoms with Gasteiger partial charge in [0, 0.05) is 18.7 Å². The molecule has 3 heteroatoms. The maximum Gasteiger partial charge on any atom is 0.145 e. The van der Waals surface area contributed by atoms with E-state index in [2.05, 4.69) is 28.1 Å². The maximum absolute atomic E-state index is 5.26. The predicted molar refractivity (Wildman–Crippen MR) is 57.9 cm³/mol. The van der Waals surface area contributed by atoms with Gasteiger partial charge < -0.3 is 5.32 Å². The molecule has 0 aromatic carbocycles. The van der Waals surface area contributed by atoms with Crippen LogP contribution in [0.15, 0.2) is 12.4 Å². The van der Waals surface area contributed by atoms with Crippen molar-refractivity contribution < 1.29 is 0 Å². The zero-order valence-electron chi connectivity index (χ0n) is 8.62. The van der Waals surface area contributed by atoms with E-state index >= 15 is 0 Å². The van der Waals surface area contributed by atoms with Crippen LogP contribution in [0.4, 0.5) is 5.82 Å². The van der Waals surface area contributed by atoms with Crippen molar-refractivity contribution in [1.29, 1.82) is 0 Å². The van der Waals surface area contributed by atoms with Crippen LogP contribution in [-0.2, 0) is 0 Å². The molecular weight excluding hydrogens is 174 g/mol. The Morgan fingerprint density at radius 2 is 2.36 bits per heavy atom. The first-order valence-electron chi connectivity index (χ1n) is 4.75. The summed E-state index contributed by atoms with van der Waals surface area (Å²) < 4.78 is 0. The molecule has 0 spiro atoms. The number of rotatable bonds is 4. The van der Waals surface area contributed by atoms with Crippen molar-refractivity contribution in [3.63, 3.8) is 0 Å². The molecule has 1 N–H and O–H groups in total. The number of aryl methyl sites for hydroxylation is 1. The molecule has 0 aliphatic heterocycles. The number of anilines is 1. The molecule has 0 saturated carbocycles. The Labute approximate surface area is 85.0 Å². The highest BCUT2D eigenvalue weighted by atomic mass is 15.0. The second-order valence-corrected chi connectivity index (χ2v) is 3.20. The Bertz CT molecular complexity index is 328. The highest BCUT2D eigenvalue weighted by Gasteiger charge is 2.04. The molecule has 0 fully saturated rings. The molecule has 1 aromatic rings. The molecule has 1 aromatic heterocycles. The second-order valence-electron chi connectivity index (χ2n) is 3.20. The molecule has 0 amide bonds. The first-order valence-corrected chi connectivity index (χ1v) is 4.75. The van der Waals surface area contributed by atoms with Gasteiger partial charge in [-0.1, -0.05) is 6.92 Å². The van der Waals surface area contributed by atoms with Gasteiger partial charge in [-0.05, 0) is 13.3 Å². The van der Waals surface area contributed by atoms with E-state index < -0.39 is 0 Å². The van der Waals surface area contributed by atoms with Crippen LogP contribution in [0.25, 0.3) is 0 Å². The van der Waals surface area contributed by atoms with Gasteiger partial charge in [0.1, 0.15) is 5.82 Å². The van der Waals surface area contributed by atoms with E-state index in [1.807, 2.05) is 6.92 Å². The summed E-state index contributed by atoms with van der Waals surface area (Å²) in [7, 11) is 0. The van der Waals surface area contributed by atoms with Gasteiger partial charge in [-0.3, -0.25) is 4.98 Å². The van der Waals surface area contributed by atoms with Crippen molar-refractivity contribution in [3.8, 4) is 12.3 Å². The van der Waals surface area contributed by atoms with Crippen molar-refractivity contribution in [3.05, 3.63) is 18.1 Å². The van der Waals surface area contributed by atoms with Crippen molar-refractivity contribution in [2.45, 2.75) is 32.7 Å². The third-order valence-electron chi connectivity index (χ3n) is 1.96. The zero-order valence-corrected chi connectivity index (χ0v) is 8.62. The lowest BCUT2D eigenvalue weighted by atomic mass is 10.1. The van der Waals surface area contributed by atoms with Crippen LogP contribution in [0.5, 0.6) is 0 Å². The van der Waals surface area contributed by atoms with E-state index in [1.54, 1.807) is 12.4 Å². The van der Waals surface area contributed by atoms with E-state index in [1.165, 1.54) is 0 Å². The fourth-order valence-corrected chi connectivity index (χ4v) is 1.18. The summed E-state index contributed by atoms with van der Waals surface area (Å²) >= 11 is 0. The molecule has 74 valence electrons. The number of hydrogen-bond donors (Lipinski definition) is 1. The van der Waals surface area contributed by atoms with Crippen molar-refractivity contribution in [1.82, 2.24) is 9.97 Å². The number of hydrogen-bond acceptors (Lipinski definition) is 3. The Balaban J connectivity index is 2.63. The highest BCUT2D eigenvalue weighted by Crippen LogP contribution is 2.07. The SMILES string of the molecule is C#CCC(CC)Nc1cncc(C)n1. The molecule has 0 bridgehead atoms. The van der Waals surface area contributed by atoms with Gasteiger partial charge in [0.2, 0.25) is 0 Å². The Morgan fingerprint density at radius 3 is 2.93 bits per heavy atom. The smallest absolute Gasteiger partial charge is 0.145 e. The van der Waals surface area contributed by atoms with Crippen molar-refractivity contribution in [2.24, 2.45) is 0 Å². The summed E-state index contributed by atoms with van der Waals surface area (Å²) in [6.45, 7) is 4.01. The lowest BCUT2D eigenvalue weighted by molar-refractivity contribution is 0.710. The van der Waals surface area contributed by atoms with Crippen molar-refractivity contribution in [2.75, 3.05) is 5.32 Å². The fourth-order valence-electron chi connectivity index (χ4n) is 1.18. The van der Waals surface area contributed by atoms with Gasteiger partial charge in [-0.15, -0.1) is 12.3 Å². The quantitative estimate of drug-likeness (QED) is 0.736. The standard InChI is InChI=1S/C11H15N3/c1-4-6-10(5-2)14-11-8-12-7-9(3)13-11/h1,7-8,10H,5-6H2,2-3H3,(H,13,14). The predicted octanol–water partition coefficient (Wildman–Crippen LogP) is 2.00. The highest BCUT2D eigenvalue weighted by molar-refractivity contribution is 5.33. The summed E-state index contributed by atoms with van der Waals surface area (Å²) in [5.41, 5.74) is 0.908. The van der Waals surface area contributed by atoms with Gasteiger partial charge in [0.15, 0.2) is 0 Å². The molecule has 0 aliphatic carbocycles. The monoisotopic (exact) mass is 189 g/mol. The molecule has 3 nitrogen and oxygen atoms in total. The lowest BCUT2D eigenvalue weighted by Crippen LogP contribution is -2.18. The number of aromatic nitrogens is 2. The molecule has 0 saturated heterocycles. The normalized spacial score (nSPS) is 11.8. The van der Waals surface area contributed by atoms with E-state index in [9.17, 15) is 0 Å². The van der Waals surface area contributed by atoms with Gasteiger partial charge in [-0.2, -0.15) is 0 Å². The summed E-state index contributed by atoms with van der Waals surface area (Å²) in [4.78, 5) is 8.36. The molecule has 1 heterocycles. The molecule has 1 atom stereocenters. The minimum absolute atomic E-state index is 0.288. The summed E-state index contributed by atoms with van der Waals surface area (Å²) in [5.74, 6) is 3.44. The largest absolute Gasteiger partial charge is 0.365 e.